The SMILES string of the molecule is NC(=O)NCC#Cc1ccc2c(c1)[C@]1(C(=O)N2C(=O)OCc2ccc([N+](=O)[O-])cc2)[C@H](C(=O)NC[C@H](O)c2ccccc2)[C@H]2C(=O)O[C@H](c3ccccc3)[C@H](c3ccccc3)N2[C@@H]1c1cccc(OCCO)c1. The molecule has 0 unspecified atom stereocenters. The fraction of sp³-hybridized carbons (Fsp3) is 0.218. The topological polar surface area (TPSA) is 253 Å². The fourth-order valence-electron chi connectivity index (χ4n) is 10.2. The van der Waals surface area contributed by atoms with E-state index in [4.69, 9.17) is 19.9 Å². The van der Waals surface area contributed by atoms with Crippen molar-refractivity contribution in [3.63, 3.8) is 0 Å². The molecule has 1 spiro atoms. The summed E-state index contributed by atoms with van der Waals surface area (Å²) in [6.07, 6.45) is -3.44. The Morgan fingerprint density at radius 2 is 1.49 bits per heavy atom. The van der Waals surface area contributed by atoms with Crippen LogP contribution in [-0.4, -0.2) is 82.3 Å². The van der Waals surface area contributed by atoms with Crippen LogP contribution in [0.5, 0.6) is 5.75 Å². The molecule has 0 saturated carbocycles. The third-order valence-electron chi connectivity index (χ3n) is 13.2. The highest BCUT2D eigenvalue weighted by Gasteiger charge is 2.76. The number of nitro benzene ring substituents is 1. The first kappa shape index (κ1) is 49.1. The molecule has 18 heteroatoms. The number of aliphatic hydroxyl groups is 2. The normalized spacial score (nSPS) is 21.2. The zero-order valence-corrected chi connectivity index (χ0v) is 38.9. The number of benzene rings is 6. The van der Waals surface area contributed by atoms with Gasteiger partial charge in [-0.3, -0.25) is 29.4 Å². The molecule has 370 valence electrons. The van der Waals surface area contributed by atoms with E-state index in [1.54, 1.807) is 72.8 Å². The number of esters is 1. The van der Waals surface area contributed by atoms with Gasteiger partial charge in [-0.1, -0.05) is 115 Å². The fourth-order valence-corrected chi connectivity index (χ4v) is 10.2. The number of urea groups is 1. The molecule has 3 aliphatic heterocycles. The van der Waals surface area contributed by atoms with E-state index in [0.717, 1.165) is 4.90 Å². The number of nitrogens with two attached hydrogens (primary N) is 1. The Kier molecular flexibility index (Phi) is 14.3. The van der Waals surface area contributed by atoms with E-state index in [2.05, 4.69) is 22.5 Å². The second kappa shape index (κ2) is 21.2. The molecule has 73 heavy (non-hydrogen) atoms. The van der Waals surface area contributed by atoms with Crippen molar-refractivity contribution < 1.29 is 53.3 Å². The number of primary amides is 1. The third-order valence-corrected chi connectivity index (χ3v) is 13.2. The van der Waals surface area contributed by atoms with Gasteiger partial charge in [-0.25, -0.2) is 14.5 Å². The van der Waals surface area contributed by atoms with Crippen LogP contribution < -0.4 is 26.0 Å². The van der Waals surface area contributed by atoms with Gasteiger partial charge in [0.15, 0.2) is 0 Å². The number of nitrogens with zero attached hydrogens (tertiary/aromatic N) is 3. The van der Waals surface area contributed by atoms with Crippen LogP contribution in [0.15, 0.2) is 158 Å². The van der Waals surface area contributed by atoms with E-state index >= 15 is 14.4 Å². The van der Waals surface area contributed by atoms with Crippen LogP contribution in [0, 0.1) is 27.9 Å². The number of imide groups is 1. The average molecular weight is 985 g/mol. The second-order valence-electron chi connectivity index (χ2n) is 17.5. The van der Waals surface area contributed by atoms with Crippen molar-refractivity contribution in [3.8, 4) is 17.6 Å². The molecule has 9 rings (SSSR count). The van der Waals surface area contributed by atoms with Crippen molar-refractivity contribution in [2.24, 2.45) is 11.7 Å². The summed E-state index contributed by atoms with van der Waals surface area (Å²) >= 11 is 0. The maximum Gasteiger partial charge on any atom is 0.421 e. The van der Waals surface area contributed by atoms with Gasteiger partial charge in [0.05, 0.1) is 47.9 Å². The molecule has 18 nitrogen and oxygen atoms in total. The molecule has 2 fully saturated rings. The van der Waals surface area contributed by atoms with Crippen molar-refractivity contribution in [2.75, 3.05) is 31.2 Å². The Bertz CT molecular complexity index is 3110. The quantitative estimate of drug-likeness (QED) is 0.0373. The number of hydrogen-bond donors (Lipinski definition) is 5. The van der Waals surface area contributed by atoms with Crippen LogP contribution in [0.1, 0.15) is 63.2 Å². The third kappa shape index (κ3) is 9.55. The van der Waals surface area contributed by atoms with Crippen LogP contribution in [-0.2, 0) is 35.9 Å². The van der Waals surface area contributed by atoms with Gasteiger partial charge in [-0.2, -0.15) is 0 Å². The van der Waals surface area contributed by atoms with Gasteiger partial charge in [0.25, 0.3) is 5.69 Å². The van der Waals surface area contributed by atoms with Crippen molar-refractivity contribution in [3.05, 3.63) is 207 Å². The van der Waals surface area contributed by atoms with Crippen molar-refractivity contribution >= 4 is 41.3 Å². The minimum Gasteiger partial charge on any atom is -0.491 e. The number of cyclic esters (lactones) is 1. The van der Waals surface area contributed by atoms with Gasteiger partial charge in [-0.05, 0) is 75.8 Å². The van der Waals surface area contributed by atoms with E-state index < -0.39 is 83.1 Å². The largest absolute Gasteiger partial charge is 0.491 e. The second-order valence-corrected chi connectivity index (χ2v) is 17.5. The molecule has 5 amide bonds. The molecule has 0 aromatic heterocycles. The van der Waals surface area contributed by atoms with E-state index in [0.29, 0.717) is 27.8 Å². The lowest BCUT2D eigenvalue weighted by atomic mass is 9.65. The first-order valence-corrected chi connectivity index (χ1v) is 23.3. The molecular formula is C55H48N6O12. The van der Waals surface area contributed by atoms with E-state index in [1.807, 2.05) is 53.4 Å². The minimum atomic E-state index is -2.26. The van der Waals surface area contributed by atoms with Gasteiger partial charge in [0.1, 0.15) is 36.5 Å². The zero-order chi connectivity index (χ0) is 51.2. The first-order chi connectivity index (χ1) is 35.4. The molecule has 2 saturated heterocycles. The number of fused-ring (bicyclic) bond motifs is 3. The summed E-state index contributed by atoms with van der Waals surface area (Å²) in [5, 5.41) is 38.0. The lowest BCUT2D eigenvalue weighted by Crippen LogP contribution is -2.56. The molecule has 7 atom stereocenters. The summed E-state index contributed by atoms with van der Waals surface area (Å²) in [5.74, 6) is 1.69. The summed E-state index contributed by atoms with van der Waals surface area (Å²) in [4.78, 5) is 87.7. The van der Waals surface area contributed by atoms with Gasteiger partial charge in [-0.15, -0.1) is 0 Å². The number of nitrogens with one attached hydrogen (secondary N) is 2. The summed E-state index contributed by atoms with van der Waals surface area (Å²) in [6, 6.07) is 38.7. The minimum absolute atomic E-state index is 0.0107. The predicted molar refractivity (Wildman–Crippen MR) is 263 cm³/mol. The van der Waals surface area contributed by atoms with E-state index in [-0.39, 0.29) is 54.6 Å². The number of carbonyl (C=O) groups is 5. The lowest BCUT2D eigenvalue weighted by Gasteiger charge is -2.46. The molecular weight excluding hydrogens is 937 g/mol. The molecule has 6 aromatic rings. The number of nitro groups is 1. The van der Waals surface area contributed by atoms with Crippen LogP contribution >= 0.6 is 0 Å². The maximum atomic E-state index is 16.5. The molecule has 0 aliphatic carbocycles. The van der Waals surface area contributed by atoms with Gasteiger partial charge < -0.3 is 40.8 Å². The number of amides is 5. The van der Waals surface area contributed by atoms with Crippen LogP contribution in [0.2, 0.25) is 0 Å². The van der Waals surface area contributed by atoms with Gasteiger partial charge in [0.2, 0.25) is 11.8 Å². The number of carbonyl (C=O) groups excluding carboxylic acids is 5. The smallest absolute Gasteiger partial charge is 0.421 e. The average Bonchev–Trinajstić information content (AvgIpc) is 3.87. The Morgan fingerprint density at radius 1 is 0.822 bits per heavy atom. The molecule has 0 radical (unpaired) electrons. The number of non-ortho nitro benzene ring substituents is 1. The van der Waals surface area contributed by atoms with E-state index in [1.165, 1.54) is 36.4 Å². The number of rotatable bonds is 14. The summed E-state index contributed by atoms with van der Waals surface area (Å²) in [5.41, 5.74) is 5.69. The van der Waals surface area contributed by atoms with Crippen LogP contribution in [0.4, 0.5) is 21.0 Å². The van der Waals surface area contributed by atoms with Crippen molar-refractivity contribution in [1.82, 2.24) is 15.5 Å². The van der Waals surface area contributed by atoms with Gasteiger partial charge in [0, 0.05) is 24.2 Å². The highest BCUT2D eigenvalue weighted by molar-refractivity contribution is 6.23. The number of anilines is 1. The highest BCUT2D eigenvalue weighted by atomic mass is 16.6. The molecule has 6 N–H and O–H groups in total. The molecule has 0 bridgehead atoms. The van der Waals surface area contributed by atoms with Crippen molar-refractivity contribution in [2.45, 2.75) is 42.4 Å². The Hall–Kier alpha value is -8.89. The monoisotopic (exact) mass is 984 g/mol. The highest BCUT2D eigenvalue weighted by Crippen LogP contribution is 2.66. The van der Waals surface area contributed by atoms with Crippen LogP contribution in [0.3, 0.4) is 0 Å². The first-order valence-electron chi connectivity index (χ1n) is 23.3. The van der Waals surface area contributed by atoms with Crippen molar-refractivity contribution in [1.29, 1.82) is 0 Å². The Labute approximate surface area is 418 Å². The number of hydrogen-bond acceptors (Lipinski definition) is 13. The summed E-state index contributed by atoms with van der Waals surface area (Å²) in [7, 11) is 0. The maximum absolute atomic E-state index is 16.5. The number of ether oxygens (including phenoxy) is 3. The number of morpholine rings is 1. The van der Waals surface area contributed by atoms with E-state index in [9.17, 15) is 29.9 Å². The number of aliphatic hydroxyl groups excluding tert-OH is 2. The lowest BCUT2D eigenvalue weighted by molar-refractivity contribution is -0.384. The van der Waals surface area contributed by atoms with Crippen LogP contribution in [0.25, 0.3) is 0 Å². The summed E-state index contributed by atoms with van der Waals surface area (Å²) in [6.45, 7) is -1.37. The zero-order valence-electron chi connectivity index (χ0n) is 38.9. The Morgan fingerprint density at radius 3 is 2.16 bits per heavy atom. The summed E-state index contributed by atoms with van der Waals surface area (Å²) < 4.78 is 18.3. The molecule has 3 heterocycles. The van der Waals surface area contributed by atoms with Gasteiger partial charge >= 0.3 is 18.1 Å². The standard InChI is InChI=1S/C55H48N6O12/c56-53(67)57-27-11-12-34-23-26-43-42(30-34)55(52(66)59(43)54(68)72-33-35-21-24-40(25-22-35)61(69)70)45(50(64)58-32-44(63)36-13-4-1-5-14-36)47-51(65)73-48(38-17-8-3-9-18-38)46(37-15-6-2-7-16-37)60(47)49(55)39-19-10-20-41(31-39)71-29-28-62/h1-10,13-26,30-31,44-49,62-63H,27-29,32-33H2,(H,58,64)(H3,56,57,67)/t44-,45-,46-,47-,48+,49+,55-/m0/s1. The predicted octanol–water partition coefficient (Wildman–Crippen LogP) is 5.84. The Balaban J connectivity index is 1.30. The molecule has 6 aromatic carbocycles. The molecule has 3 aliphatic rings.